The average Bonchev–Trinajstić information content (AvgIpc) is 3.59. The molecule has 0 bridgehead atoms. The van der Waals surface area contributed by atoms with Crippen molar-refractivity contribution >= 4 is 23.4 Å². The zero-order valence-electron chi connectivity index (χ0n) is 23.7. The molecular weight excluding hydrogens is 544 g/mol. The van der Waals surface area contributed by atoms with Crippen molar-refractivity contribution < 1.29 is 14.4 Å². The number of aliphatic hydroxyl groups is 1. The molecule has 2 aromatic carbocycles. The Labute approximate surface area is 248 Å². The fourth-order valence-electron chi connectivity index (χ4n) is 5.17. The van der Waals surface area contributed by atoms with Crippen molar-refractivity contribution in [1.82, 2.24) is 30.0 Å². The highest BCUT2D eigenvalue weighted by Gasteiger charge is 2.42. The van der Waals surface area contributed by atoms with Gasteiger partial charge in [-0.05, 0) is 55.3 Å². The maximum absolute atomic E-state index is 13.0. The molecule has 6 rings (SSSR count). The smallest absolute Gasteiger partial charge is 0.263 e. The molecule has 0 unspecified atom stereocenters. The molecule has 5 aromatic rings. The number of rotatable bonds is 10. The van der Waals surface area contributed by atoms with E-state index in [4.69, 9.17) is 9.51 Å². The van der Waals surface area contributed by atoms with Crippen molar-refractivity contribution in [2.24, 2.45) is 0 Å². The summed E-state index contributed by atoms with van der Waals surface area (Å²) in [6.07, 6.45) is 6.63. The van der Waals surface area contributed by atoms with Crippen LogP contribution in [-0.4, -0.2) is 54.2 Å². The van der Waals surface area contributed by atoms with E-state index in [0.717, 1.165) is 16.8 Å². The molecule has 0 fully saturated rings. The second-order valence-electron chi connectivity index (χ2n) is 10.6. The maximum Gasteiger partial charge on any atom is 0.263 e. The lowest BCUT2D eigenvalue weighted by atomic mass is 9.93. The lowest BCUT2D eigenvalue weighted by molar-refractivity contribution is 0.0652. The summed E-state index contributed by atoms with van der Waals surface area (Å²) >= 11 is 0. The zero-order valence-corrected chi connectivity index (χ0v) is 23.7. The van der Waals surface area contributed by atoms with Crippen LogP contribution in [0.3, 0.4) is 0 Å². The Bertz CT molecular complexity index is 1770. The first-order chi connectivity index (χ1) is 20.9. The standard InChI is InChI=1S/C32H30N8O3/c1-4-15-40-30(42)23-13-12-22(16-25(23)32(40,2)3)35-31-34-18-24(29-37-27(39-43-29)21-11-8-14-33-17-21)28(38-31)36-26(19-41)20-9-6-5-7-10-20/h4-14,16-18,26,41H,1,15,19H2,2-3H3,(H2,34,35,36,38)/t26-/m1/s1. The van der Waals surface area contributed by atoms with E-state index >= 15 is 0 Å². The van der Waals surface area contributed by atoms with E-state index in [2.05, 4.69) is 37.3 Å². The highest BCUT2D eigenvalue weighted by atomic mass is 16.5. The number of fused-ring (bicyclic) bond motifs is 1. The van der Waals surface area contributed by atoms with Gasteiger partial charge in [0, 0.05) is 41.9 Å². The molecule has 3 N–H and O–H groups in total. The first kappa shape index (κ1) is 27.7. The first-order valence-corrected chi connectivity index (χ1v) is 13.8. The van der Waals surface area contributed by atoms with E-state index in [1.165, 1.54) is 0 Å². The molecule has 1 aliphatic rings. The van der Waals surface area contributed by atoms with Gasteiger partial charge in [-0.1, -0.05) is 41.6 Å². The van der Waals surface area contributed by atoms with Gasteiger partial charge in [-0.15, -0.1) is 6.58 Å². The maximum atomic E-state index is 13.0. The number of hydrogen-bond donors (Lipinski definition) is 3. The Kier molecular flexibility index (Phi) is 7.39. The van der Waals surface area contributed by atoms with Crippen LogP contribution < -0.4 is 10.6 Å². The molecule has 1 amide bonds. The summed E-state index contributed by atoms with van der Waals surface area (Å²) in [5, 5.41) is 21.0. The van der Waals surface area contributed by atoms with Crippen LogP contribution in [0.5, 0.6) is 0 Å². The highest BCUT2D eigenvalue weighted by Crippen LogP contribution is 2.40. The van der Waals surface area contributed by atoms with Crippen molar-refractivity contribution in [2.45, 2.75) is 25.4 Å². The lowest BCUT2D eigenvalue weighted by Gasteiger charge is -2.31. The fraction of sp³-hybridized carbons (Fsp3) is 0.188. The van der Waals surface area contributed by atoms with E-state index in [0.29, 0.717) is 40.8 Å². The summed E-state index contributed by atoms with van der Waals surface area (Å²) < 4.78 is 5.60. The predicted molar refractivity (Wildman–Crippen MR) is 162 cm³/mol. The van der Waals surface area contributed by atoms with E-state index in [-0.39, 0.29) is 18.4 Å². The monoisotopic (exact) mass is 574 g/mol. The number of benzene rings is 2. The molecule has 0 saturated carbocycles. The van der Waals surface area contributed by atoms with Crippen LogP contribution in [0.2, 0.25) is 0 Å². The molecule has 216 valence electrons. The van der Waals surface area contributed by atoms with Crippen LogP contribution in [0.1, 0.15) is 41.4 Å². The third kappa shape index (κ3) is 5.33. The Morgan fingerprint density at radius 1 is 1.07 bits per heavy atom. The van der Waals surface area contributed by atoms with E-state index in [9.17, 15) is 9.90 Å². The molecule has 11 nitrogen and oxygen atoms in total. The molecule has 43 heavy (non-hydrogen) atoms. The minimum Gasteiger partial charge on any atom is -0.394 e. The highest BCUT2D eigenvalue weighted by molar-refractivity contribution is 6.00. The Morgan fingerprint density at radius 2 is 1.91 bits per heavy atom. The van der Waals surface area contributed by atoms with Crippen molar-refractivity contribution in [3.8, 4) is 22.8 Å². The van der Waals surface area contributed by atoms with Gasteiger partial charge in [-0.3, -0.25) is 9.78 Å². The van der Waals surface area contributed by atoms with Crippen molar-refractivity contribution in [1.29, 1.82) is 0 Å². The zero-order chi connectivity index (χ0) is 30.0. The SMILES string of the molecule is C=CCN1C(=O)c2ccc(Nc3ncc(-c4nc(-c5cccnc5)no4)c(N[C@H](CO)c4ccccc4)n3)cc2C1(C)C. The van der Waals surface area contributed by atoms with Gasteiger partial charge in [0.05, 0.1) is 18.2 Å². The van der Waals surface area contributed by atoms with Crippen LogP contribution in [0.15, 0.2) is 96.4 Å². The molecule has 0 saturated heterocycles. The Morgan fingerprint density at radius 3 is 2.65 bits per heavy atom. The number of aromatic nitrogens is 5. The minimum absolute atomic E-state index is 0.0280. The average molecular weight is 575 g/mol. The quantitative estimate of drug-likeness (QED) is 0.187. The molecule has 0 spiro atoms. The second kappa shape index (κ2) is 11.5. The number of nitrogens with one attached hydrogen (secondary N) is 2. The predicted octanol–water partition coefficient (Wildman–Crippen LogP) is 5.35. The van der Waals surface area contributed by atoms with Gasteiger partial charge in [-0.25, -0.2) is 4.98 Å². The van der Waals surface area contributed by atoms with Gasteiger partial charge in [0.1, 0.15) is 11.4 Å². The van der Waals surface area contributed by atoms with Crippen LogP contribution in [0.4, 0.5) is 17.5 Å². The number of nitrogens with zero attached hydrogens (tertiary/aromatic N) is 6. The molecule has 0 aliphatic carbocycles. The van der Waals surface area contributed by atoms with Gasteiger partial charge < -0.3 is 25.2 Å². The second-order valence-corrected chi connectivity index (χ2v) is 10.6. The fourth-order valence-corrected chi connectivity index (χ4v) is 5.17. The van der Waals surface area contributed by atoms with Crippen LogP contribution >= 0.6 is 0 Å². The Balaban J connectivity index is 1.35. The van der Waals surface area contributed by atoms with Crippen LogP contribution in [0.25, 0.3) is 22.8 Å². The molecule has 0 radical (unpaired) electrons. The number of aliphatic hydroxyl groups excluding tert-OH is 1. The lowest BCUT2D eigenvalue weighted by Crippen LogP contribution is -2.39. The number of pyridine rings is 1. The van der Waals surface area contributed by atoms with Crippen molar-refractivity contribution in [3.05, 3.63) is 109 Å². The molecule has 4 heterocycles. The first-order valence-electron chi connectivity index (χ1n) is 13.8. The number of hydrogen-bond acceptors (Lipinski definition) is 10. The largest absolute Gasteiger partial charge is 0.394 e. The summed E-state index contributed by atoms with van der Waals surface area (Å²) in [5.41, 5.74) is 3.81. The molecular formula is C32H30N8O3. The molecule has 3 aromatic heterocycles. The summed E-state index contributed by atoms with van der Waals surface area (Å²) in [6, 6.07) is 18.3. The third-order valence-electron chi connectivity index (χ3n) is 7.46. The minimum atomic E-state index is -0.510. The van der Waals surface area contributed by atoms with E-state index < -0.39 is 11.6 Å². The summed E-state index contributed by atoms with van der Waals surface area (Å²) in [4.78, 5) is 32.8. The van der Waals surface area contributed by atoms with E-state index in [1.54, 1.807) is 35.6 Å². The van der Waals surface area contributed by atoms with Crippen molar-refractivity contribution in [2.75, 3.05) is 23.8 Å². The molecule has 11 heteroatoms. The number of amides is 1. The summed E-state index contributed by atoms with van der Waals surface area (Å²) in [5.74, 6) is 1.24. The molecule has 1 aliphatic heterocycles. The van der Waals surface area contributed by atoms with Gasteiger partial charge in [-0.2, -0.15) is 9.97 Å². The Hall–Kier alpha value is -5.42. The summed E-state index contributed by atoms with van der Waals surface area (Å²) in [7, 11) is 0. The topological polar surface area (TPSA) is 142 Å². The molecule has 1 atom stereocenters. The normalized spacial score (nSPS) is 14.3. The van der Waals surface area contributed by atoms with Crippen molar-refractivity contribution in [3.63, 3.8) is 0 Å². The number of anilines is 3. The van der Waals surface area contributed by atoms with Gasteiger partial charge >= 0.3 is 0 Å². The van der Waals surface area contributed by atoms with Gasteiger partial charge in [0.2, 0.25) is 11.8 Å². The van der Waals surface area contributed by atoms with Gasteiger partial charge in [0.15, 0.2) is 0 Å². The van der Waals surface area contributed by atoms with Crippen LogP contribution in [0, 0.1) is 0 Å². The summed E-state index contributed by atoms with van der Waals surface area (Å²) in [6.45, 7) is 8.09. The third-order valence-corrected chi connectivity index (χ3v) is 7.46. The van der Waals surface area contributed by atoms with E-state index in [1.807, 2.05) is 68.4 Å². The number of carbonyl (C=O) groups is 1. The van der Waals surface area contributed by atoms with Gasteiger partial charge in [0.25, 0.3) is 11.8 Å². The van der Waals surface area contributed by atoms with Crippen LogP contribution in [-0.2, 0) is 5.54 Å². The number of carbonyl (C=O) groups excluding carboxylic acids is 1.